The Balaban J connectivity index is 0.000000145. The summed E-state index contributed by atoms with van der Waals surface area (Å²) in [7, 11) is 1.27. The van der Waals surface area contributed by atoms with Gasteiger partial charge < -0.3 is 31.6 Å². The highest BCUT2D eigenvalue weighted by atomic mass is 19.3. The van der Waals surface area contributed by atoms with Crippen LogP contribution in [0.25, 0.3) is 38.3 Å². The number of esters is 1. The van der Waals surface area contributed by atoms with E-state index < -0.39 is 29.6 Å². The average Bonchev–Trinajstić information content (AvgIpc) is 3.23. The van der Waals surface area contributed by atoms with Crippen molar-refractivity contribution in [1.29, 1.82) is 0 Å². The minimum Gasteiger partial charge on any atom is -0.465 e. The molecule has 8 rings (SSSR count). The molecule has 1 fully saturated rings. The van der Waals surface area contributed by atoms with E-state index in [-0.39, 0.29) is 42.6 Å². The Morgan fingerprint density at radius 1 is 0.702 bits per heavy atom. The Hall–Kier alpha value is -7.08. The van der Waals surface area contributed by atoms with Crippen molar-refractivity contribution >= 4 is 67.7 Å². The number of ether oxygens (including phenoxy) is 2. The molecule has 6 aromatic heterocycles. The van der Waals surface area contributed by atoms with Gasteiger partial charge in [0.1, 0.15) is 0 Å². The van der Waals surface area contributed by atoms with Gasteiger partial charge in [-0.25, -0.2) is 13.6 Å². The van der Waals surface area contributed by atoms with E-state index >= 15 is 0 Å². The predicted octanol–water partition coefficient (Wildman–Crippen LogP) is 4.01. The molecule has 0 radical (unpaired) electrons. The normalized spacial score (nSPS) is 14.7. The molecule has 0 spiro atoms. The first-order valence-corrected chi connectivity index (χ1v) is 17.4. The Morgan fingerprint density at radius 2 is 1.21 bits per heavy atom. The molecule has 3 amide bonds. The maximum Gasteiger partial charge on any atom is 0.340 e. The minimum atomic E-state index is -2.61. The number of methoxy groups -OCH3 is 1. The van der Waals surface area contributed by atoms with Crippen molar-refractivity contribution in [3.63, 3.8) is 0 Å². The number of pyridine rings is 6. The highest BCUT2D eigenvalue weighted by Crippen LogP contribution is 2.33. The summed E-state index contributed by atoms with van der Waals surface area (Å²) < 4.78 is 36.5. The molecule has 1 saturated heterocycles. The summed E-state index contributed by atoms with van der Waals surface area (Å²) in [5.74, 6) is -4.79. The van der Waals surface area contributed by atoms with Crippen molar-refractivity contribution in [2.24, 2.45) is 17.2 Å². The van der Waals surface area contributed by atoms with Gasteiger partial charge in [-0.05, 0) is 30.2 Å². The van der Waals surface area contributed by atoms with Gasteiger partial charge in [-0.3, -0.25) is 44.3 Å². The smallest absolute Gasteiger partial charge is 0.340 e. The van der Waals surface area contributed by atoms with Gasteiger partial charge in [-0.2, -0.15) is 0 Å². The molecule has 0 bridgehead atoms. The zero-order valence-electron chi connectivity index (χ0n) is 30.5. The number of hydrogen-bond donors (Lipinski definition) is 3. The summed E-state index contributed by atoms with van der Waals surface area (Å²) in [5, 5.41) is 2.09. The van der Waals surface area contributed by atoms with Gasteiger partial charge in [0, 0.05) is 78.6 Å². The number of hydrogen-bond acceptors (Lipinski definition) is 13. The van der Waals surface area contributed by atoms with Gasteiger partial charge in [-0.15, -0.1) is 0 Å². The number of carbonyl (C=O) groups is 4. The number of piperidine rings is 1. The molecule has 0 atom stereocenters. The van der Waals surface area contributed by atoms with Gasteiger partial charge >= 0.3 is 5.97 Å². The van der Waals surface area contributed by atoms with E-state index in [0.717, 1.165) is 22.9 Å². The summed E-state index contributed by atoms with van der Waals surface area (Å²) in [6.07, 6.45) is 16.2. The number of primary amides is 3. The quantitative estimate of drug-likeness (QED) is 0.203. The summed E-state index contributed by atoms with van der Waals surface area (Å²) in [4.78, 5) is 71.5. The largest absolute Gasteiger partial charge is 0.465 e. The summed E-state index contributed by atoms with van der Waals surface area (Å²) in [6.45, 7) is 1.79. The van der Waals surface area contributed by atoms with E-state index in [9.17, 15) is 28.0 Å². The third-order valence-electron chi connectivity index (χ3n) is 9.21. The molecular formula is C39H36F2N10O6. The SMILES string of the molecule is COC(=O)c1cncc2ncc(C(N)=O)cc12.NC(=O)c1cnc2cncc(C3=CCOCC3)c2c1.NC(=O)c1cnc2cncc(N3CCC(F)(F)CC3)c2c1. The lowest BCUT2D eigenvalue weighted by atomic mass is 9.98. The standard InChI is InChI=1S/C14H14F2N4O.C14H13N3O2.C11H9N3O3/c15-14(16)1-3-20(4-2-14)12-8-18-7-11-10(12)5-9(6-19-11)13(17)21;15-14(18)10-5-11-12(9-1-3-19-4-2-9)7-16-8-13(11)17-6-10;1-17-11(16)8-4-13-5-9-7(8)2-6(3-14-9)10(12)15/h5-8H,1-4H2,(H2,17,21);1,5-8H,2-4H2,(H2,15,18);2-5H,1H3,(H2,12,15). The molecule has 0 unspecified atom stereocenters. The number of halogens is 2. The highest BCUT2D eigenvalue weighted by Gasteiger charge is 2.34. The Labute approximate surface area is 323 Å². The third-order valence-corrected chi connectivity index (χ3v) is 9.21. The van der Waals surface area contributed by atoms with Crippen molar-refractivity contribution in [2.45, 2.75) is 25.2 Å². The number of fused-ring (bicyclic) bond motifs is 3. The lowest BCUT2D eigenvalue weighted by Crippen LogP contribution is -2.39. The molecule has 6 aromatic rings. The number of anilines is 1. The van der Waals surface area contributed by atoms with E-state index in [1.165, 1.54) is 49.7 Å². The van der Waals surface area contributed by atoms with Gasteiger partial charge in [-0.1, -0.05) is 6.08 Å². The van der Waals surface area contributed by atoms with Crippen molar-refractivity contribution in [2.75, 3.05) is 38.3 Å². The Morgan fingerprint density at radius 3 is 1.75 bits per heavy atom. The predicted molar refractivity (Wildman–Crippen MR) is 205 cm³/mol. The maximum atomic E-state index is 13.3. The van der Waals surface area contributed by atoms with Crippen LogP contribution in [0.3, 0.4) is 0 Å². The van der Waals surface area contributed by atoms with Crippen LogP contribution in [0.5, 0.6) is 0 Å². The molecule has 2 aliphatic heterocycles. The van der Waals surface area contributed by atoms with Crippen molar-refractivity contribution in [3.8, 4) is 0 Å². The van der Waals surface area contributed by atoms with Crippen LogP contribution in [-0.2, 0) is 9.47 Å². The number of rotatable bonds is 6. The summed E-state index contributed by atoms with van der Waals surface area (Å²) >= 11 is 0. The molecule has 0 aliphatic carbocycles. The minimum absolute atomic E-state index is 0.188. The molecule has 18 heteroatoms. The van der Waals surface area contributed by atoms with Crippen LogP contribution in [0.1, 0.15) is 66.3 Å². The van der Waals surface area contributed by atoms with Crippen molar-refractivity contribution < 1.29 is 37.4 Å². The number of aromatic nitrogens is 6. The lowest BCUT2D eigenvalue weighted by Gasteiger charge is -2.33. The van der Waals surface area contributed by atoms with E-state index in [2.05, 4.69) is 34.6 Å². The van der Waals surface area contributed by atoms with Crippen molar-refractivity contribution in [3.05, 3.63) is 108 Å². The zero-order chi connectivity index (χ0) is 40.7. The Kier molecular flexibility index (Phi) is 11.9. The molecule has 16 nitrogen and oxygen atoms in total. The first-order chi connectivity index (χ1) is 27.3. The first-order valence-electron chi connectivity index (χ1n) is 17.4. The summed E-state index contributed by atoms with van der Waals surface area (Å²) in [5.41, 5.74) is 21.6. The molecule has 6 N–H and O–H groups in total. The number of amides is 3. The van der Waals surface area contributed by atoms with Gasteiger partial charge in [0.15, 0.2) is 0 Å². The van der Waals surface area contributed by atoms with Crippen LogP contribution >= 0.6 is 0 Å². The topological polar surface area (TPSA) is 245 Å². The van der Waals surface area contributed by atoms with Crippen LogP contribution in [0.2, 0.25) is 0 Å². The molecule has 8 heterocycles. The molecule has 2 aliphatic rings. The number of alkyl halides is 2. The first kappa shape index (κ1) is 39.6. The van der Waals surface area contributed by atoms with Gasteiger partial charge in [0.2, 0.25) is 17.7 Å². The second-order valence-corrected chi connectivity index (χ2v) is 12.9. The third kappa shape index (κ3) is 9.25. The second kappa shape index (κ2) is 17.2. The van der Waals surface area contributed by atoms with Crippen LogP contribution in [0, 0.1) is 0 Å². The van der Waals surface area contributed by atoms with E-state index in [1.54, 1.807) is 36.9 Å². The average molecular weight is 779 g/mol. The highest BCUT2D eigenvalue weighted by molar-refractivity contribution is 6.05. The van der Waals surface area contributed by atoms with Crippen LogP contribution in [0.4, 0.5) is 14.5 Å². The van der Waals surface area contributed by atoms with Gasteiger partial charge in [0.25, 0.3) is 5.92 Å². The van der Waals surface area contributed by atoms with Crippen LogP contribution in [0.15, 0.2) is 80.0 Å². The molecule has 292 valence electrons. The van der Waals surface area contributed by atoms with E-state index in [1.807, 2.05) is 11.0 Å². The molecule has 0 aromatic carbocycles. The monoisotopic (exact) mass is 778 g/mol. The van der Waals surface area contributed by atoms with Crippen LogP contribution in [-0.4, -0.2) is 92.9 Å². The second-order valence-electron chi connectivity index (χ2n) is 12.9. The molecular weight excluding hydrogens is 742 g/mol. The fraction of sp³-hybridized carbons (Fsp3) is 0.231. The van der Waals surface area contributed by atoms with Crippen LogP contribution < -0.4 is 22.1 Å². The van der Waals surface area contributed by atoms with E-state index in [0.29, 0.717) is 46.3 Å². The van der Waals surface area contributed by atoms with E-state index in [4.69, 9.17) is 21.9 Å². The summed E-state index contributed by atoms with van der Waals surface area (Å²) in [6, 6.07) is 4.91. The lowest BCUT2D eigenvalue weighted by molar-refractivity contribution is -0.0220. The number of nitrogens with two attached hydrogens (primary N) is 3. The fourth-order valence-corrected chi connectivity index (χ4v) is 6.15. The maximum absolute atomic E-state index is 13.3. The number of carbonyl (C=O) groups excluding carboxylic acids is 4. The molecule has 0 saturated carbocycles. The van der Waals surface area contributed by atoms with Crippen molar-refractivity contribution in [1.82, 2.24) is 29.9 Å². The fourth-order valence-electron chi connectivity index (χ4n) is 6.15. The number of nitrogens with zero attached hydrogens (tertiary/aromatic N) is 7. The zero-order valence-corrected chi connectivity index (χ0v) is 30.5. The Bertz CT molecular complexity index is 2540. The molecule has 57 heavy (non-hydrogen) atoms. The van der Waals surface area contributed by atoms with Gasteiger partial charge in [0.05, 0.1) is 89.6 Å².